The molecule has 1 fully saturated rings. The fraction of sp³-hybridized carbons (Fsp3) is 0.667. The lowest BCUT2D eigenvalue weighted by atomic mass is 9.91. The molecule has 1 saturated carbocycles. The zero-order chi connectivity index (χ0) is 9.80. The molecule has 1 aliphatic carbocycles. The summed E-state index contributed by atoms with van der Waals surface area (Å²) in [6, 6.07) is 0.534. The van der Waals surface area contributed by atoms with Gasteiger partial charge in [0.25, 0.3) is 0 Å². The van der Waals surface area contributed by atoms with E-state index in [9.17, 15) is 0 Å². The molecule has 1 aliphatic rings. The normalized spacial score (nSPS) is 27.2. The summed E-state index contributed by atoms with van der Waals surface area (Å²) >= 11 is 0. The smallest absolute Gasteiger partial charge is 0.225 e. The molecule has 1 heterocycles. The molecule has 5 heteroatoms. The van der Waals surface area contributed by atoms with E-state index in [4.69, 9.17) is 5.73 Å². The van der Waals surface area contributed by atoms with Crippen LogP contribution in [0.1, 0.15) is 25.7 Å². The minimum absolute atomic E-state index is 0.223. The fourth-order valence-corrected chi connectivity index (χ4v) is 1.82. The number of rotatable bonds is 2. The first-order chi connectivity index (χ1) is 6.86. The quantitative estimate of drug-likeness (QED) is 0.717. The van der Waals surface area contributed by atoms with E-state index < -0.39 is 0 Å². The minimum Gasteiger partial charge on any atom is -0.350 e. The number of nitrogens with two attached hydrogens (primary N) is 1. The molecule has 0 spiro atoms. The Morgan fingerprint density at radius 1 is 1.21 bits per heavy atom. The Bertz CT molecular complexity index is 276. The average Bonchev–Trinajstić information content (AvgIpc) is 2.23. The van der Waals surface area contributed by atoms with Crippen LogP contribution >= 0.6 is 0 Å². The molecule has 0 bridgehead atoms. The lowest BCUT2D eigenvalue weighted by Gasteiger charge is -2.29. The van der Waals surface area contributed by atoms with Crippen molar-refractivity contribution in [3.8, 4) is 0 Å². The highest BCUT2D eigenvalue weighted by Gasteiger charge is 2.21. The van der Waals surface area contributed by atoms with Crippen LogP contribution in [0.5, 0.6) is 0 Å². The topological polar surface area (TPSA) is 76.7 Å². The maximum atomic E-state index is 5.99. The van der Waals surface area contributed by atoms with Gasteiger partial charge >= 0.3 is 0 Å². The van der Waals surface area contributed by atoms with Gasteiger partial charge in [-0.05, 0) is 12.8 Å². The largest absolute Gasteiger partial charge is 0.350 e. The van der Waals surface area contributed by atoms with Crippen molar-refractivity contribution in [2.45, 2.75) is 37.8 Å². The van der Waals surface area contributed by atoms with Gasteiger partial charge in [-0.15, -0.1) is 0 Å². The first-order valence-corrected chi connectivity index (χ1v) is 5.00. The molecule has 2 rings (SSSR count). The number of anilines is 1. The molecular weight excluding hydrogens is 178 g/mol. The Labute approximate surface area is 83.2 Å². The predicted octanol–water partition coefficient (Wildman–Crippen LogP) is 0.553. The van der Waals surface area contributed by atoms with Crippen LogP contribution in [0.3, 0.4) is 0 Å². The van der Waals surface area contributed by atoms with Crippen LogP contribution in [0.15, 0.2) is 12.7 Å². The Hall–Kier alpha value is -1.23. The Morgan fingerprint density at radius 2 is 1.93 bits per heavy atom. The van der Waals surface area contributed by atoms with Crippen molar-refractivity contribution in [2.24, 2.45) is 5.73 Å². The summed E-state index contributed by atoms with van der Waals surface area (Å²) in [5.41, 5.74) is 5.99. The minimum atomic E-state index is 0.223. The second-order valence-electron chi connectivity index (χ2n) is 3.66. The summed E-state index contributed by atoms with van der Waals surface area (Å²) in [6.07, 6.45) is 7.63. The highest BCUT2D eigenvalue weighted by Crippen LogP contribution is 2.19. The van der Waals surface area contributed by atoms with Crippen LogP contribution in [-0.2, 0) is 0 Å². The van der Waals surface area contributed by atoms with Crippen LogP contribution < -0.4 is 11.1 Å². The van der Waals surface area contributed by atoms with Gasteiger partial charge in [0.2, 0.25) is 5.95 Å². The maximum absolute atomic E-state index is 5.99. The molecule has 14 heavy (non-hydrogen) atoms. The van der Waals surface area contributed by atoms with E-state index in [1.165, 1.54) is 25.5 Å². The summed E-state index contributed by atoms with van der Waals surface area (Å²) in [7, 11) is 0. The van der Waals surface area contributed by atoms with E-state index in [1.54, 1.807) is 0 Å². The summed E-state index contributed by atoms with van der Waals surface area (Å²) in [6.45, 7) is 0. The Morgan fingerprint density at radius 3 is 2.64 bits per heavy atom. The molecule has 2 atom stereocenters. The Kier molecular flexibility index (Phi) is 2.88. The van der Waals surface area contributed by atoms with Crippen molar-refractivity contribution in [3.05, 3.63) is 12.7 Å². The zero-order valence-corrected chi connectivity index (χ0v) is 8.06. The van der Waals surface area contributed by atoms with Gasteiger partial charge in [0.05, 0.1) is 0 Å². The molecular formula is C9H15N5. The second-order valence-corrected chi connectivity index (χ2v) is 3.66. The number of nitrogens with zero attached hydrogens (tertiary/aromatic N) is 3. The van der Waals surface area contributed by atoms with Crippen LogP contribution in [0.2, 0.25) is 0 Å². The number of hydrogen-bond acceptors (Lipinski definition) is 5. The van der Waals surface area contributed by atoms with Crippen LogP contribution in [0.25, 0.3) is 0 Å². The van der Waals surface area contributed by atoms with E-state index in [-0.39, 0.29) is 6.04 Å². The highest BCUT2D eigenvalue weighted by atomic mass is 15.1. The van der Waals surface area contributed by atoms with Crippen molar-refractivity contribution in [3.63, 3.8) is 0 Å². The van der Waals surface area contributed by atoms with Crippen molar-refractivity contribution in [1.82, 2.24) is 15.0 Å². The maximum Gasteiger partial charge on any atom is 0.225 e. The lowest BCUT2D eigenvalue weighted by molar-refractivity contribution is 0.402. The summed E-state index contributed by atoms with van der Waals surface area (Å²) in [4.78, 5) is 11.8. The number of aromatic nitrogens is 3. The van der Waals surface area contributed by atoms with Crippen LogP contribution in [0.4, 0.5) is 5.95 Å². The first kappa shape index (κ1) is 9.33. The monoisotopic (exact) mass is 193 g/mol. The van der Waals surface area contributed by atoms with Gasteiger partial charge in [-0.25, -0.2) is 15.0 Å². The number of hydrogen-bond donors (Lipinski definition) is 2. The van der Waals surface area contributed by atoms with E-state index >= 15 is 0 Å². The van der Waals surface area contributed by atoms with Gasteiger partial charge in [-0.2, -0.15) is 0 Å². The summed E-state index contributed by atoms with van der Waals surface area (Å²) < 4.78 is 0. The SMILES string of the molecule is NC1CCCCC1Nc1ncncn1. The zero-order valence-electron chi connectivity index (χ0n) is 8.06. The third-order valence-corrected chi connectivity index (χ3v) is 2.63. The standard InChI is InChI=1S/C9H15N5/c10-7-3-1-2-4-8(7)14-9-12-5-11-6-13-9/h5-8H,1-4,10H2,(H,11,12,13,14). The molecule has 76 valence electrons. The van der Waals surface area contributed by atoms with Gasteiger partial charge in [0, 0.05) is 12.1 Å². The van der Waals surface area contributed by atoms with Crippen molar-refractivity contribution in [1.29, 1.82) is 0 Å². The van der Waals surface area contributed by atoms with Crippen LogP contribution in [0, 0.1) is 0 Å². The molecule has 1 aromatic rings. The third kappa shape index (κ3) is 2.17. The molecule has 3 N–H and O–H groups in total. The van der Waals surface area contributed by atoms with E-state index in [0.29, 0.717) is 12.0 Å². The van der Waals surface area contributed by atoms with E-state index in [0.717, 1.165) is 12.8 Å². The molecule has 2 unspecified atom stereocenters. The highest BCUT2D eigenvalue weighted by molar-refractivity contribution is 5.24. The van der Waals surface area contributed by atoms with Gasteiger partial charge in [0.15, 0.2) is 0 Å². The molecule has 1 aromatic heterocycles. The van der Waals surface area contributed by atoms with Gasteiger partial charge in [-0.1, -0.05) is 12.8 Å². The first-order valence-electron chi connectivity index (χ1n) is 5.00. The summed E-state index contributed by atoms with van der Waals surface area (Å²) in [5, 5.41) is 3.24. The van der Waals surface area contributed by atoms with Crippen LogP contribution in [-0.4, -0.2) is 27.0 Å². The predicted molar refractivity (Wildman–Crippen MR) is 53.7 cm³/mol. The lowest BCUT2D eigenvalue weighted by Crippen LogP contribution is -2.42. The van der Waals surface area contributed by atoms with Crippen molar-refractivity contribution < 1.29 is 0 Å². The van der Waals surface area contributed by atoms with Crippen molar-refractivity contribution in [2.75, 3.05) is 5.32 Å². The molecule has 0 radical (unpaired) electrons. The molecule has 0 aliphatic heterocycles. The van der Waals surface area contributed by atoms with Gasteiger partial charge in [-0.3, -0.25) is 0 Å². The van der Waals surface area contributed by atoms with E-state index in [2.05, 4.69) is 20.3 Å². The van der Waals surface area contributed by atoms with Gasteiger partial charge < -0.3 is 11.1 Å². The average molecular weight is 193 g/mol. The van der Waals surface area contributed by atoms with Gasteiger partial charge in [0.1, 0.15) is 12.7 Å². The molecule has 0 aromatic carbocycles. The summed E-state index contributed by atoms with van der Waals surface area (Å²) in [5.74, 6) is 0.627. The van der Waals surface area contributed by atoms with Crippen molar-refractivity contribution >= 4 is 5.95 Å². The third-order valence-electron chi connectivity index (χ3n) is 2.63. The molecule has 0 saturated heterocycles. The fourth-order valence-electron chi connectivity index (χ4n) is 1.82. The molecule has 0 amide bonds. The molecule has 5 nitrogen and oxygen atoms in total. The Balaban J connectivity index is 1.96. The van der Waals surface area contributed by atoms with E-state index in [1.807, 2.05) is 0 Å². The number of nitrogens with one attached hydrogen (secondary N) is 1. The second kappa shape index (κ2) is 4.32.